The summed E-state index contributed by atoms with van der Waals surface area (Å²) in [6.45, 7) is 4.39. The summed E-state index contributed by atoms with van der Waals surface area (Å²) in [7, 11) is 0. The van der Waals surface area contributed by atoms with Crippen molar-refractivity contribution in [2.24, 2.45) is 0 Å². The quantitative estimate of drug-likeness (QED) is 0.760. The Kier molecular flexibility index (Phi) is 7.84. The molecular formula is C26H39N3O3. The number of amides is 2. The number of carbonyl (C=O) groups excluding carboxylic acids is 2. The van der Waals surface area contributed by atoms with Crippen molar-refractivity contribution >= 4 is 17.5 Å². The SMILES string of the molecule is CC(=O)N1CCCCCCCCN(CC(=O)N2C3CCC2CC(O)C3)Cc2ccccc21. The highest BCUT2D eigenvalue weighted by Gasteiger charge is 2.42. The van der Waals surface area contributed by atoms with E-state index in [0.717, 1.165) is 69.3 Å². The zero-order chi connectivity index (χ0) is 22.5. The molecule has 0 radical (unpaired) electrons. The van der Waals surface area contributed by atoms with Gasteiger partial charge in [-0.2, -0.15) is 0 Å². The number of hydrogen-bond donors (Lipinski definition) is 1. The van der Waals surface area contributed by atoms with Gasteiger partial charge in [0.1, 0.15) is 0 Å². The first-order valence-electron chi connectivity index (χ1n) is 12.6. The van der Waals surface area contributed by atoms with Gasteiger partial charge in [0.25, 0.3) is 0 Å². The summed E-state index contributed by atoms with van der Waals surface area (Å²) in [5.41, 5.74) is 2.10. The molecule has 0 aromatic heterocycles. The van der Waals surface area contributed by atoms with Crippen LogP contribution in [0.3, 0.4) is 0 Å². The molecule has 2 fully saturated rings. The van der Waals surface area contributed by atoms with Crippen molar-refractivity contribution in [3.63, 3.8) is 0 Å². The number of para-hydroxylation sites is 1. The van der Waals surface area contributed by atoms with E-state index >= 15 is 0 Å². The minimum Gasteiger partial charge on any atom is -0.393 e. The summed E-state index contributed by atoms with van der Waals surface area (Å²) >= 11 is 0. The maximum atomic E-state index is 13.4. The number of piperidine rings is 1. The van der Waals surface area contributed by atoms with Gasteiger partial charge in [0.15, 0.2) is 0 Å². The van der Waals surface area contributed by atoms with Crippen LogP contribution in [0.25, 0.3) is 0 Å². The number of nitrogens with zero attached hydrogens (tertiary/aromatic N) is 3. The topological polar surface area (TPSA) is 64.1 Å². The van der Waals surface area contributed by atoms with Crippen molar-refractivity contribution in [2.75, 3.05) is 24.5 Å². The fourth-order valence-corrected chi connectivity index (χ4v) is 5.95. The molecule has 2 amide bonds. The molecule has 0 aliphatic carbocycles. The highest BCUT2D eigenvalue weighted by atomic mass is 16.3. The average molecular weight is 442 g/mol. The van der Waals surface area contributed by atoms with Crippen molar-refractivity contribution in [1.82, 2.24) is 9.80 Å². The van der Waals surface area contributed by atoms with Crippen LogP contribution in [0, 0.1) is 0 Å². The zero-order valence-electron chi connectivity index (χ0n) is 19.5. The summed E-state index contributed by atoms with van der Waals surface area (Å²) in [6, 6.07) is 8.58. The Morgan fingerprint density at radius 1 is 0.938 bits per heavy atom. The van der Waals surface area contributed by atoms with Crippen LogP contribution in [0.4, 0.5) is 5.69 Å². The maximum Gasteiger partial charge on any atom is 0.237 e. The minimum absolute atomic E-state index is 0.0818. The van der Waals surface area contributed by atoms with E-state index in [1.54, 1.807) is 6.92 Å². The Bertz CT molecular complexity index is 784. The highest BCUT2D eigenvalue weighted by Crippen LogP contribution is 2.36. The van der Waals surface area contributed by atoms with Crippen LogP contribution in [0.1, 0.15) is 76.7 Å². The second-order valence-corrected chi connectivity index (χ2v) is 9.94. The largest absolute Gasteiger partial charge is 0.393 e. The number of carbonyl (C=O) groups is 2. The molecule has 2 saturated heterocycles. The monoisotopic (exact) mass is 441 g/mol. The summed E-state index contributed by atoms with van der Waals surface area (Å²) in [4.78, 5) is 32.1. The van der Waals surface area contributed by atoms with Gasteiger partial charge in [-0.15, -0.1) is 0 Å². The van der Waals surface area contributed by atoms with E-state index in [9.17, 15) is 14.7 Å². The van der Waals surface area contributed by atoms with Crippen LogP contribution in [0.2, 0.25) is 0 Å². The molecular weight excluding hydrogens is 402 g/mol. The van der Waals surface area contributed by atoms with E-state index in [2.05, 4.69) is 15.9 Å². The number of anilines is 1. The van der Waals surface area contributed by atoms with Crippen LogP contribution in [-0.2, 0) is 16.1 Å². The zero-order valence-corrected chi connectivity index (χ0v) is 19.5. The second-order valence-electron chi connectivity index (χ2n) is 9.94. The van der Waals surface area contributed by atoms with Gasteiger partial charge in [0, 0.05) is 37.8 Å². The third-order valence-electron chi connectivity index (χ3n) is 7.52. The normalized spacial score (nSPS) is 27.8. The number of hydrogen-bond acceptors (Lipinski definition) is 4. The molecule has 1 aromatic carbocycles. The number of fused-ring (bicyclic) bond motifs is 3. The molecule has 0 saturated carbocycles. The third kappa shape index (κ3) is 5.52. The molecule has 3 aliphatic heterocycles. The van der Waals surface area contributed by atoms with Crippen LogP contribution in [0.5, 0.6) is 0 Å². The van der Waals surface area contributed by atoms with E-state index in [1.165, 1.54) is 19.3 Å². The van der Waals surface area contributed by atoms with Gasteiger partial charge in [0.05, 0.1) is 12.6 Å². The van der Waals surface area contributed by atoms with Gasteiger partial charge in [-0.25, -0.2) is 0 Å². The van der Waals surface area contributed by atoms with Crippen molar-refractivity contribution in [1.29, 1.82) is 0 Å². The average Bonchev–Trinajstić information content (AvgIpc) is 3.04. The Balaban J connectivity index is 1.52. The van der Waals surface area contributed by atoms with Crippen molar-refractivity contribution in [2.45, 2.75) is 95.9 Å². The lowest BCUT2D eigenvalue weighted by Gasteiger charge is -2.38. The molecule has 176 valence electrons. The molecule has 6 heteroatoms. The lowest BCUT2D eigenvalue weighted by molar-refractivity contribution is -0.138. The number of benzene rings is 1. The van der Waals surface area contributed by atoms with Gasteiger partial charge in [-0.05, 0) is 56.7 Å². The predicted octanol–water partition coefficient (Wildman–Crippen LogP) is 3.71. The first kappa shape index (κ1) is 23.2. The van der Waals surface area contributed by atoms with Crippen molar-refractivity contribution in [3.8, 4) is 0 Å². The lowest BCUT2D eigenvalue weighted by atomic mass is 10.00. The van der Waals surface area contributed by atoms with Crippen molar-refractivity contribution in [3.05, 3.63) is 29.8 Å². The maximum absolute atomic E-state index is 13.4. The molecule has 2 bridgehead atoms. The van der Waals surface area contributed by atoms with Gasteiger partial charge < -0.3 is 14.9 Å². The fraction of sp³-hybridized carbons (Fsp3) is 0.692. The standard InChI is InChI=1S/C26H39N3O3/c1-20(30)28-15-9-5-3-2-4-8-14-27(18-21-10-6-7-11-25(21)28)19-26(32)29-22-12-13-23(29)17-24(31)16-22/h6-7,10-11,22-24,31H,2-5,8-9,12-19H2,1H3. The number of aliphatic hydroxyl groups is 1. The van der Waals surface area contributed by atoms with Crippen molar-refractivity contribution < 1.29 is 14.7 Å². The Labute approximate surface area is 192 Å². The molecule has 4 rings (SSSR count). The Morgan fingerprint density at radius 3 is 2.25 bits per heavy atom. The molecule has 2 unspecified atom stereocenters. The smallest absolute Gasteiger partial charge is 0.237 e. The lowest BCUT2D eigenvalue weighted by Crippen LogP contribution is -2.51. The predicted molar refractivity (Wildman–Crippen MR) is 126 cm³/mol. The molecule has 3 heterocycles. The van der Waals surface area contributed by atoms with E-state index < -0.39 is 0 Å². The molecule has 3 aliphatic rings. The van der Waals surface area contributed by atoms with E-state index in [-0.39, 0.29) is 30.0 Å². The van der Waals surface area contributed by atoms with Crippen LogP contribution in [-0.4, -0.2) is 64.5 Å². The van der Waals surface area contributed by atoms with Gasteiger partial charge in [0.2, 0.25) is 11.8 Å². The fourth-order valence-electron chi connectivity index (χ4n) is 5.95. The first-order valence-corrected chi connectivity index (χ1v) is 12.6. The molecule has 6 nitrogen and oxygen atoms in total. The summed E-state index contributed by atoms with van der Waals surface area (Å²) in [6.07, 6.45) is 10.1. The molecule has 32 heavy (non-hydrogen) atoms. The summed E-state index contributed by atoms with van der Waals surface area (Å²) < 4.78 is 0. The number of rotatable bonds is 2. The van der Waals surface area contributed by atoms with Gasteiger partial charge in [-0.1, -0.05) is 43.9 Å². The van der Waals surface area contributed by atoms with E-state index in [0.29, 0.717) is 13.1 Å². The van der Waals surface area contributed by atoms with E-state index in [1.807, 2.05) is 23.1 Å². The Hall–Kier alpha value is -1.92. The minimum atomic E-state index is -0.258. The summed E-state index contributed by atoms with van der Waals surface area (Å²) in [5.74, 6) is 0.285. The van der Waals surface area contributed by atoms with Gasteiger partial charge in [-0.3, -0.25) is 14.5 Å². The van der Waals surface area contributed by atoms with Gasteiger partial charge >= 0.3 is 0 Å². The molecule has 2 atom stereocenters. The second kappa shape index (κ2) is 10.8. The highest BCUT2D eigenvalue weighted by molar-refractivity contribution is 5.92. The van der Waals surface area contributed by atoms with Crippen LogP contribution in [0.15, 0.2) is 24.3 Å². The molecule has 0 spiro atoms. The third-order valence-corrected chi connectivity index (χ3v) is 7.52. The Morgan fingerprint density at radius 2 is 1.56 bits per heavy atom. The summed E-state index contributed by atoms with van der Waals surface area (Å²) in [5, 5.41) is 10.1. The molecule has 1 aromatic rings. The molecule has 1 N–H and O–H groups in total. The number of aliphatic hydroxyl groups excluding tert-OH is 1. The first-order chi connectivity index (χ1) is 15.5. The van der Waals surface area contributed by atoms with Crippen LogP contribution >= 0.6 is 0 Å². The van der Waals surface area contributed by atoms with E-state index in [4.69, 9.17) is 0 Å². The van der Waals surface area contributed by atoms with Crippen LogP contribution < -0.4 is 4.90 Å².